The number of hydrogen-bond acceptors (Lipinski definition) is 5. The number of benzene rings is 1. The van der Waals surface area contributed by atoms with Gasteiger partial charge < -0.3 is 10.0 Å². The molecule has 0 fully saturated rings. The van der Waals surface area contributed by atoms with Crippen molar-refractivity contribution in [1.29, 1.82) is 0 Å². The molecule has 7 nitrogen and oxygen atoms in total. The molecule has 1 heterocycles. The lowest BCUT2D eigenvalue weighted by Crippen LogP contribution is -2.31. The van der Waals surface area contributed by atoms with Crippen LogP contribution in [0.15, 0.2) is 38.8 Å². The summed E-state index contributed by atoms with van der Waals surface area (Å²) in [4.78, 5) is 32.6. The first-order valence-electron chi connectivity index (χ1n) is 8.04. The van der Waals surface area contributed by atoms with Gasteiger partial charge in [-0.15, -0.1) is 0 Å². The third kappa shape index (κ3) is 4.58. The van der Waals surface area contributed by atoms with Gasteiger partial charge in [-0.25, -0.2) is 9.36 Å². The van der Waals surface area contributed by atoms with Crippen molar-refractivity contribution in [2.45, 2.75) is 13.8 Å². The highest BCUT2D eigenvalue weighted by Crippen LogP contribution is 2.18. The molecular weight excluding hydrogens is 344 g/mol. The zero-order chi connectivity index (χ0) is 18.4. The van der Waals surface area contributed by atoms with Crippen LogP contribution in [0.25, 0.3) is 5.69 Å². The van der Waals surface area contributed by atoms with E-state index in [2.05, 4.69) is 28.7 Å². The van der Waals surface area contributed by atoms with Crippen LogP contribution < -0.4 is 11.2 Å². The molecule has 0 aliphatic heterocycles. The highest BCUT2D eigenvalue weighted by Gasteiger charge is 2.14. The minimum atomic E-state index is -0.745. The number of halogens is 1. The zero-order valence-corrected chi connectivity index (χ0v) is 15.0. The smallest absolute Gasteiger partial charge is 0.335 e. The van der Waals surface area contributed by atoms with Gasteiger partial charge in [-0.3, -0.25) is 14.8 Å². The van der Waals surface area contributed by atoms with Crippen LogP contribution in [0.5, 0.6) is 5.88 Å². The molecule has 2 N–H and O–H groups in total. The Morgan fingerprint density at radius 3 is 2.68 bits per heavy atom. The molecule has 8 heteroatoms. The van der Waals surface area contributed by atoms with Crippen LogP contribution in [0.4, 0.5) is 0 Å². The zero-order valence-electron chi connectivity index (χ0n) is 14.2. The van der Waals surface area contributed by atoms with E-state index >= 15 is 0 Å². The lowest BCUT2D eigenvalue weighted by molar-refractivity contribution is 0.313. The molecule has 1 aromatic heterocycles. The molecule has 0 aliphatic rings. The normalized spacial score (nSPS) is 11.5. The Labute approximate surface area is 150 Å². The standard InChI is InChI=1S/C17H21ClN4O3/c1-3-21(4-2)9-8-19-11-14-15(23)20-17(25)22(16(14)24)13-7-5-6-12(18)10-13/h5-7,10-11,24H,3-4,8-9H2,1-2H3,(H,20,23,25). The van der Waals surface area contributed by atoms with Crippen molar-refractivity contribution in [3.05, 3.63) is 55.7 Å². The van der Waals surface area contributed by atoms with Crippen LogP contribution in [0.3, 0.4) is 0 Å². The molecule has 0 saturated carbocycles. The second kappa shape index (κ2) is 8.64. The summed E-state index contributed by atoms with van der Waals surface area (Å²) in [5.41, 5.74) is -1.15. The van der Waals surface area contributed by atoms with Crippen LogP contribution in [0.2, 0.25) is 5.02 Å². The Balaban J connectivity index is 2.35. The van der Waals surface area contributed by atoms with Crippen LogP contribution >= 0.6 is 11.6 Å². The van der Waals surface area contributed by atoms with Crippen molar-refractivity contribution in [2.75, 3.05) is 26.2 Å². The van der Waals surface area contributed by atoms with Gasteiger partial charge in [0.2, 0.25) is 5.88 Å². The van der Waals surface area contributed by atoms with E-state index in [0.717, 1.165) is 24.2 Å². The number of aromatic amines is 1. The molecule has 25 heavy (non-hydrogen) atoms. The molecule has 0 radical (unpaired) electrons. The average Bonchev–Trinajstić information content (AvgIpc) is 2.57. The van der Waals surface area contributed by atoms with Gasteiger partial charge in [-0.2, -0.15) is 0 Å². The van der Waals surface area contributed by atoms with E-state index in [4.69, 9.17) is 11.6 Å². The molecule has 2 aromatic rings. The number of aromatic nitrogens is 2. The molecule has 0 bridgehead atoms. The van der Waals surface area contributed by atoms with Crippen molar-refractivity contribution in [2.24, 2.45) is 4.99 Å². The second-order valence-electron chi connectivity index (χ2n) is 5.37. The van der Waals surface area contributed by atoms with E-state index < -0.39 is 17.1 Å². The van der Waals surface area contributed by atoms with E-state index in [0.29, 0.717) is 17.3 Å². The van der Waals surface area contributed by atoms with Gasteiger partial charge in [0, 0.05) is 17.8 Å². The number of rotatable bonds is 7. The van der Waals surface area contributed by atoms with Crippen molar-refractivity contribution < 1.29 is 5.11 Å². The summed E-state index contributed by atoms with van der Waals surface area (Å²) in [7, 11) is 0. The minimum absolute atomic E-state index is 0.0703. The first-order chi connectivity index (χ1) is 12.0. The summed E-state index contributed by atoms with van der Waals surface area (Å²) in [5.74, 6) is -0.470. The quantitative estimate of drug-likeness (QED) is 0.731. The summed E-state index contributed by atoms with van der Waals surface area (Å²) in [6, 6.07) is 6.41. The predicted octanol–water partition coefficient (Wildman–Crippen LogP) is 1.65. The maximum atomic E-state index is 12.1. The van der Waals surface area contributed by atoms with E-state index in [9.17, 15) is 14.7 Å². The maximum Gasteiger partial charge on any atom is 0.335 e. The van der Waals surface area contributed by atoms with E-state index in [1.165, 1.54) is 12.3 Å². The lowest BCUT2D eigenvalue weighted by atomic mass is 10.3. The van der Waals surface area contributed by atoms with Crippen LogP contribution in [-0.4, -0.2) is 52.0 Å². The largest absolute Gasteiger partial charge is 0.493 e. The first kappa shape index (κ1) is 19.0. The van der Waals surface area contributed by atoms with E-state index in [1.54, 1.807) is 18.2 Å². The summed E-state index contributed by atoms with van der Waals surface area (Å²) >= 11 is 5.93. The van der Waals surface area contributed by atoms with Gasteiger partial charge in [0.1, 0.15) is 5.56 Å². The summed E-state index contributed by atoms with van der Waals surface area (Å²) in [5, 5.41) is 10.8. The second-order valence-corrected chi connectivity index (χ2v) is 5.81. The molecular formula is C17H21ClN4O3. The van der Waals surface area contributed by atoms with Crippen molar-refractivity contribution in [3.8, 4) is 11.6 Å². The van der Waals surface area contributed by atoms with Crippen molar-refractivity contribution >= 4 is 17.8 Å². The van der Waals surface area contributed by atoms with E-state index in [-0.39, 0.29) is 5.56 Å². The van der Waals surface area contributed by atoms with Crippen molar-refractivity contribution in [1.82, 2.24) is 14.5 Å². The Morgan fingerprint density at radius 2 is 2.04 bits per heavy atom. The van der Waals surface area contributed by atoms with E-state index in [1.807, 2.05) is 0 Å². The fraction of sp³-hybridized carbons (Fsp3) is 0.353. The molecule has 134 valence electrons. The fourth-order valence-corrected chi connectivity index (χ4v) is 2.59. The number of nitrogens with one attached hydrogen (secondary N) is 1. The Morgan fingerprint density at radius 1 is 1.32 bits per heavy atom. The first-order valence-corrected chi connectivity index (χ1v) is 8.42. The van der Waals surface area contributed by atoms with Gasteiger partial charge in [0.25, 0.3) is 5.56 Å². The van der Waals surface area contributed by atoms with Crippen LogP contribution in [0, 0.1) is 0 Å². The van der Waals surface area contributed by atoms with Crippen LogP contribution in [0.1, 0.15) is 19.4 Å². The molecule has 0 amide bonds. The SMILES string of the molecule is CCN(CC)CCN=Cc1c(O)n(-c2cccc(Cl)c2)c(=O)[nH]c1=O. The highest BCUT2D eigenvalue weighted by atomic mass is 35.5. The fourth-order valence-electron chi connectivity index (χ4n) is 2.40. The summed E-state index contributed by atoms with van der Waals surface area (Å²) in [6.07, 6.45) is 1.29. The molecule has 0 saturated heterocycles. The third-order valence-electron chi connectivity index (χ3n) is 3.85. The number of H-pyrrole nitrogens is 1. The molecule has 0 unspecified atom stereocenters. The van der Waals surface area contributed by atoms with Gasteiger partial charge in [0.05, 0.1) is 12.2 Å². The maximum absolute atomic E-state index is 12.1. The summed E-state index contributed by atoms with van der Waals surface area (Å²) < 4.78 is 0.985. The highest BCUT2D eigenvalue weighted by molar-refractivity contribution is 6.30. The van der Waals surface area contributed by atoms with Gasteiger partial charge >= 0.3 is 5.69 Å². The Kier molecular flexibility index (Phi) is 6.55. The Hall–Kier alpha value is -2.38. The molecule has 2 rings (SSSR count). The average molecular weight is 365 g/mol. The number of nitrogens with zero attached hydrogens (tertiary/aromatic N) is 3. The monoisotopic (exact) mass is 364 g/mol. The minimum Gasteiger partial charge on any atom is -0.493 e. The number of aromatic hydroxyl groups is 1. The molecule has 0 aliphatic carbocycles. The predicted molar refractivity (Wildman–Crippen MR) is 99.6 cm³/mol. The van der Waals surface area contributed by atoms with Gasteiger partial charge in [-0.05, 0) is 31.3 Å². The van der Waals surface area contributed by atoms with Gasteiger partial charge in [-0.1, -0.05) is 31.5 Å². The topological polar surface area (TPSA) is 90.7 Å². The number of hydrogen-bond donors (Lipinski definition) is 2. The number of likely N-dealkylation sites (N-methyl/N-ethyl adjacent to an activating group) is 1. The van der Waals surface area contributed by atoms with Crippen molar-refractivity contribution in [3.63, 3.8) is 0 Å². The van der Waals surface area contributed by atoms with Gasteiger partial charge in [0.15, 0.2) is 0 Å². The summed E-state index contributed by atoms with van der Waals surface area (Å²) in [6.45, 7) is 7.18. The lowest BCUT2D eigenvalue weighted by Gasteiger charge is -2.15. The number of aliphatic imine (C=N–C) groups is 1. The molecule has 0 spiro atoms. The molecule has 1 aromatic carbocycles. The molecule has 0 atom stereocenters. The third-order valence-corrected chi connectivity index (χ3v) is 4.08. The van der Waals surface area contributed by atoms with Crippen LogP contribution in [-0.2, 0) is 0 Å². The Bertz CT molecular complexity index is 869.